The molecule has 1 atom stereocenters. The summed E-state index contributed by atoms with van der Waals surface area (Å²) < 4.78 is 18.6. The highest BCUT2D eigenvalue weighted by molar-refractivity contribution is 5.86. The van der Waals surface area contributed by atoms with Crippen LogP contribution in [0.1, 0.15) is 38.7 Å². The number of hydrogen-bond donors (Lipinski definition) is 0. The van der Waals surface area contributed by atoms with Crippen molar-refractivity contribution in [3.05, 3.63) is 66.0 Å². The Hall–Kier alpha value is -2.89. The van der Waals surface area contributed by atoms with E-state index in [1.165, 1.54) is 29.8 Å². The lowest BCUT2D eigenvalue weighted by Gasteiger charge is -2.38. The molecular formula is C27H33FN2O3. The van der Waals surface area contributed by atoms with E-state index in [1.54, 1.807) is 4.90 Å². The van der Waals surface area contributed by atoms with Crippen LogP contribution in [0.2, 0.25) is 0 Å². The molecule has 0 aliphatic carbocycles. The summed E-state index contributed by atoms with van der Waals surface area (Å²) in [6.07, 6.45) is 3.10. The van der Waals surface area contributed by atoms with Gasteiger partial charge in [0.05, 0.1) is 5.41 Å². The molecule has 2 saturated heterocycles. The number of nitrogens with zero attached hydrogens (tertiary/aromatic N) is 2. The van der Waals surface area contributed by atoms with E-state index in [-0.39, 0.29) is 35.7 Å². The fourth-order valence-electron chi connectivity index (χ4n) is 5.18. The molecule has 1 unspecified atom stereocenters. The van der Waals surface area contributed by atoms with Gasteiger partial charge in [-0.3, -0.25) is 9.59 Å². The van der Waals surface area contributed by atoms with Crippen LogP contribution in [0.4, 0.5) is 4.39 Å². The summed E-state index contributed by atoms with van der Waals surface area (Å²) in [5.74, 6) is 0.699. The van der Waals surface area contributed by atoms with Crippen molar-refractivity contribution in [2.24, 2.45) is 11.3 Å². The molecule has 2 aromatic rings. The van der Waals surface area contributed by atoms with E-state index in [0.717, 1.165) is 19.4 Å². The van der Waals surface area contributed by atoms with Gasteiger partial charge in [-0.15, -0.1) is 0 Å². The number of likely N-dealkylation sites (tertiary alicyclic amines) is 2. The lowest BCUT2D eigenvalue weighted by atomic mass is 9.75. The second kappa shape index (κ2) is 9.94. The molecule has 0 bridgehead atoms. The molecule has 5 nitrogen and oxygen atoms in total. The normalized spacial score (nSPS) is 20.0. The van der Waals surface area contributed by atoms with Crippen molar-refractivity contribution in [3.63, 3.8) is 0 Å². The van der Waals surface area contributed by atoms with Crippen molar-refractivity contribution < 1.29 is 18.7 Å². The zero-order valence-corrected chi connectivity index (χ0v) is 19.5. The van der Waals surface area contributed by atoms with Gasteiger partial charge in [0.15, 0.2) is 6.61 Å². The smallest absolute Gasteiger partial charge is 0.260 e. The maximum absolute atomic E-state index is 13.6. The Balaban J connectivity index is 1.37. The van der Waals surface area contributed by atoms with Gasteiger partial charge in [-0.1, -0.05) is 44.2 Å². The summed E-state index contributed by atoms with van der Waals surface area (Å²) in [6.45, 7) is 6.12. The number of halogens is 1. The molecule has 176 valence electrons. The molecule has 2 heterocycles. The van der Waals surface area contributed by atoms with Crippen LogP contribution in [0.15, 0.2) is 54.6 Å². The first-order valence-electron chi connectivity index (χ1n) is 11.9. The van der Waals surface area contributed by atoms with Crippen molar-refractivity contribution in [3.8, 4) is 5.75 Å². The third-order valence-electron chi connectivity index (χ3n) is 6.91. The Morgan fingerprint density at radius 3 is 2.39 bits per heavy atom. The Kier molecular flexibility index (Phi) is 7.01. The third kappa shape index (κ3) is 5.37. The fourth-order valence-corrected chi connectivity index (χ4v) is 5.18. The average Bonchev–Trinajstić information content (AvgIpc) is 3.04. The van der Waals surface area contributed by atoms with Crippen LogP contribution in [-0.4, -0.2) is 53.9 Å². The minimum atomic E-state index is -0.372. The number of hydrogen-bond acceptors (Lipinski definition) is 3. The van der Waals surface area contributed by atoms with Gasteiger partial charge in [-0.05, 0) is 61.4 Å². The van der Waals surface area contributed by atoms with E-state index in [0.29, 0.717) is 37.6 Å². The molecule has 1 spiro atoms. The van der Waals surface area contributed by atoms with Crippen molar-refractivity contribution in [2.75, 3.05) is 26.2 Å². The first-order valence-corrected chi connectivity index (χ1v) is 11.9. The topological polar surface area (TPSA) is 49.9 Å². The number of carbonyl (C=O) groups is 2. The third-order valence-corrected chi connectivity index (χ3v) is 6.91. The number of rotatable bonds is 7. The van der Waals surface area contributed by atoms with Crippen molar-refractivity contribution in [1.82, 2.24) is 9.80 Å². The zero-order chi connectivity index (χ0) is 23.4. The Labute approximate surface area is 195 Å². The van der Waals surface area contributed by atoms with Crippen LogP contribution in [-0.2, 0) is 16.0 Å². The molecule has 2 aromatic carbocycles. The van der Waals surface area contributed by atoms with E-state index in [9.17, 15) is 14.0 Å². The van der Waals surface area contributed by atoms with Crippen LogP contribution in [0.3, 0.4) is 0 Å². The number of benzene rings is 2. The molecule has 2 aliphatic rings. The number of carbonyl (C=O) groups excluding carboxylic acids is 2. The first kappa shape index (κ1) is 23.3. The van der Waals surface area contributed by atoms with Gasteiger partial charge >= 0.3 is 0 Å². The highest BCUT2D eigenvalue weighted by Gasteiger charge is 2.52. The molecule has 2 aliphatic heterocycles. The zero-order valence-electron chi connectivity index (χ0n) is 19.5. The van der Waals surface area contributed by atoms with Crippen molar-refractivity contribution in [1.29, 1.82) is 0 Å². The molecule has 0 saturated carbocycles. The molecule has 2 fully saturated rings. The maximum Gasteiger partial charge on any atom is 0.260 e. The van der Waals surface area contributed by atoms with Gasteiger partial charge in [0, 0.05) is 25.7 Å². The fraction of sp³-hybridized carbons (Fsp3) is 0.481. The van der Waals surface area contributed by atoms with E-state index in [4.69, 9.17) is 4.74 Å². The monoisotopic (exact) mass is 452 g/mol. The van der Waals surface area contributed by atoms with Gasteiger partial charge < -0.3 is 14.5 Å². The molecule has 0 radical (unpaired) electrons. The molecule has 33 heavy (non-hydrogen) atoms. The Morgan fingerprint density at radius 2 is 1.76 bits per heavy atom. The summed E-state index contributed by atoms with van der Waals surface area (Å²) in [7, 11) is 0. The van der Waals surface area contributed by atoms with Gasteiger partial charge in [0.25, 0.3) is 5.91 Å². The summed E-state index contributed by atoms with van der Waals surface area (Å²) in [5.41, 5.74) is 0.884. The van der Waals surface area contributed by atoms with Gasteiger partial charge in [0.2, 0.25) is 5.91 Å². The molecular weight excluding hydrogens is 419 g/mol. The number of amides is 2. The van der Waals surface area contributed by atoms with Gasteiger partial charge in [-0.25, -0.2) is 4.39 Å². The first-order chi connectivity index (χ1) is 15.9. The molecule has 0 aromatic heterocycles. The molecule has 0 N–H and O–H groups in total. The van der Waals surface area contributed by atoms with Crippen LogP contribution in [0.5, 0.6) is 5.75 Å². The van der Waals surface area contributed by atoms with Crippen LogP contribution < -0.4 is 4.74 Å². The number of ether oxygens (including phenoxy) is 1. The van der Waals surface area contributed by atoms with E-state index in [2.05, 4.69) is 30.9 Å². The largest absolute Gasteiger partial charge is 0.484 e. The highest BCUT2D eigenvalue weighted by Crippen LogP contribution is 2.45. The second-order valence-electron chi connectivity index (χ2n) is 9.80. The molecule has 6 heteroatoms. The minimum absolute atomic E-state index is 0.0807. The molecule has 2 amide bonds. The predicted molar refractivity (Wildman–Crippen MR) is 125 cm³/mol. The van der Waals surface area contributed by atoms with E-state index >= 15 is 0 Å². The summed E-state index contributed by atoms with van der Waals surface area (Å²) >= 11 is 0. The standard InChI is InChI=1S/C27H33FN2O3/c1-20(2)18-30-23(16-21-6-4-3-5-7-21)17-27(26(30)32)12-14-29(15-13-27)25(31)19-33-24-10-8-22(28)9-11-24/h3-11,20,23H,12-19H2,1-2H3. The van der Waals surface area contributed by atoms with Gasteiger partial charge in [-0.2, -0.15) is 0 Å². The number of piperidine rings is 1. The minimum Gasteiger partial charge on any atom is -0.484 e. The van der Waals surface area contributed by atoms with E-state index < -0.39 is 0 Å². The Morgan fingerprint density at radius 1 is 1.09 bits per heavy atom. The van der Waals surface area contributed by atoms with Crippen LogP contribution in [0.25, 0.3) is 0 Å². The van der Waals surface area contributed by atoms with Crippen LogP contribution >= 0.6 is 0 Å². The lowest BCUT2D eigenvalue weighted by molar-refractivity contribution is -0.144. The van der Waals surface area contributed by atoms with Crippen LogP contribution in [0, 0.1) is 17.2 Å². The summed E-state index contributed by atoms with van der Waals surface area (Å²) in [4.78, 5) is 30.2. The highest BCUT2D eigenvalue weighted by atomic mass is 19.1. The molecule has 4 rings (SSSR count). The van der Waals surface area contributed by atoms with Crippen molar-refractivity contribution in [2.45, 2.75) is 45.6 Å². The summed E-state index contributed by atoms with van der Waals surface area (Å²) in [5, 5.41) is 0. The Bertz CT molecular complexity index is 953. The van der Waals surface area contributed by atoms with Gasteiger partial charge in [0.1, 0.15) is 11.6 Å². The second-order valence-corrected chi connectivity index (χ2v) is 9.80. The summed E-state index contributed by atoms with van der Waals surface area (Å²) in [6, 6.07) is 16.2. The predicted octanol–water partition coefficient (Wildman–Crippen LogP) is 4.31. The average molecular weight is 453 g/mol. The quantitative estimate of drug-likeness (QED) is 0.629. The maximum atomic E-state index is 13.6. The van der Waals surface area contributed by atoms with Crippen molar-refractivity contribution >= 4 is 11.8 Å². The lowest BCUT2D eigenvalue weighted by Crippen LogP contribution is -2.48. The SMILES string of the molecule is CC(C)CN1C(=O)C2(CCN(C(=O)COc3ccc(F)cc3)CC2)CC1Cc1ccccc1. The van der Waals surface area contributed by atoms with E-state index in [1.807, 2.05) is 18.2 Å².